The SMILES string of the molecule is C=Cc1cc(OC(=O)CCCO[N+](=O)[O-])ccc1OC(C)=O.CC. The molecule has 0 bridgehead atoms. The summed E-state index contributed by atoms with van der Waals surface area (Å²) in [5.41, 5.74) is 0.497. The molecule has 1 aromatic carbocycles. The van der Waals surface area contributed by atoms with Crippen molar-refractivity contribution in [3.8, 4) is 11.5 Å². The molecule has 0 N–H and O–H groups in total. The highest BCUT2D eigenvalue weighted by molar-refractivity contribution is 5.74. The fourth-order valence-electron chi connectivity index (χ4n) is 1.54. The number of carbonyl (C=O) groups is 2. The first-order chi connectivity index (χ1) is 11.4. The maximum absolute atomic E-state index is 11.6. The van der Waals surface area contributed by atoms with E-state index in [0.29, 0.717) is 11.3 Å². The highest BCUT2D eigenvalue weighted by atomic mass is 16.9. The Morgan fingerprint density at radius 2 is 1.96 bits per heavy atom. The van der Waals surface area contributed by atoms with Crippen LogP contribution in [0, 0.1) is 10.1 Å². The Balaban J connectivity index is 0.00000254. The molecule has 0 radical (unpaired) electrons. The van der Waals surface area contributed by atoms with E-state index in [1.807, 2.05) is 13.8 Å². The summed E-state index contributed by atoms with van der Waals surface area (Å²) in [6, 6.07) is 4.45. The van der Waals surface area contributed by atoms with E-state index in [2.05, 4.69) is 11.4 Å². The largest absolute Gasteiger partial charge is 0.427 e. The van der Waals surface area contributed by atoms with Gasteiger partial charge in [0.1, 0.15) is 11.5 Å². The number of esters is 2. The lowest BCUT2D eigenvalue weighted by Crippen LogP contribution is -2.10. The second-order valence-corrected chi connectivity index (χ2v) is 4.13. The van der Waals surface area contributed by atoms with Crippen molar-refractivity contribution in [2.45, 2.75) is 33.6 Å². The van der Waals surface area contributed by atoms with Crippen LogP contribution in [0.2, 0.25) is 0 Å². The van der Waals surface area contributed by atoms with Gasteiger partial charge in [-0.2, -0.15) is 0 Å². The quantitative estimate of drug-likeness (QED) is 0.235. The van der Waals surface area contributed by atoms with Crippen molar-refractivity contribution in [3.63, 3.8) is 0 Å². The summed E-state index contributed by atoms with van der Waals surface area (Å²) >= 11 is 0. The molecule has 0 aliphatic heterocycles. The van der Waals surface area contributed by atoms with E-state index in [1.54, 1.807) is 0 Å². The molecule has 0 fully saturated rings. The van der Waals surface area contributed by atoms with Gasteiger partial charge in [-0.25, -0.2) is 0 Å². The van der Waals surface area contributed by atoms with E-state index < -0.39 is 17.0 Å². The topological polar surface area (TPSA) is 105 Å². The predicted octanol–water partition coefficient (Wildman–Crippen LogP) is 3.18. The van der Waals surface area contributed by atoms with Crippen LogP contribution in [0.1, 0.15) is 39.2 Å². The molecule has 0 saturated heterocycles. The number of ether oxygens (including phenoxy) is 2. The van der Waals surface area contributed by atoms with Crippen molar-refractivity contribution in [1.82, 2.24) is 0 Å². The molecule has 24 heavy (non-hydrogen) atoms. The number of hydrogen-bond acceptors (Lipinski definition) is 7. The molecule has 0 amide bonds. The van der Waals surface area contributed by atoms with E-state index in [4.69, 9.17) is 9.47 Å². The van der Waals surface area contributed by atoms with Crippen molar-refractivity contribution in [1.29, 1.82) is 0 Å². The van der Waals surface area contributed by atoms with E-state index in [9.17, 15) is 19.7 Å². The maximum Gasteiger partial charge on any atom is 0.311 e. The van der Waals surface area contributed by atoms with Gasteiger partial charge >= 0.3 is 11.9 Å². The second kappa shape index (κ2) is 11.6. The molecule has 0 heterocycles. The standard InChI is InChI=1S/C14H15NO7.C2H6/c1-3-11-9-12(6-7-13(11)21-10(2)16)22-14(17)5-4-8-20-15(18)19;1-2/h3,6-7,9H,1,4-5,8H2,2H3;1-2H3. The zero-order valence-corrected chi connectivity index (χ0v) is 13.9. The maximum atomic E-state index is 11.6. The monoisotopic (exact) mass is 339 g/mol. The minimum Gasteiger partial charge on any atom is -0.427 e. The third-order valence-electron chi connectivity index (χ3n) is 2.41. The molecule has 0 atom stereocenters. The Hall–Kier alpha value is -2.90. The second-order valence-electron chi connectivity index (χ2n) is 4.13. The molecule has 132 valence electrons. The number of carbonyl (C=O) groups excluding carboxylic acids is 2. The summed E-state index contributed by atoms with van der Waals surface area (Å²) in [6.07, 6.45) is 1.60. The average Bonchev–Trinajstić information content (AvgIpc) is 2.54. The normalized spacial score (nSPS) is 9.12. The molecule has 0 aromatic heterocycles. The van der Waals surface area contributed by atoms with Gasteiger partial charge in [0, 0.05) is 18.9 Å². The molecule has 0 aliphatic carbocycles. The Morgan fingerprint density at radius 3 is 2.50 bits per heavy atom. The Bertz CT molecular complexity index is 584. The molecule has 8 heteroatoms. The number of nitrogens with zero attached hydrogens (tertiary/aromatic N) is 1. The fourth-order valence-corrected chi connectivity index (χ4v) is 1.54. The first-order valence-electron chi connectivity index (χ1n) is 7.35. The lowest BCUT2D eigenvalue weighted by molar-refractivity contribution is -0.757. The summed E-state index contributed by atoms with van der Waals surface area (Å²) in [5, 5.41) is 9.01. The molecule has 1 rings (SSSR count). The van der Waals surface area contributed by atoms with Crippen molar-refractivity contribution in [2.24, 2.45) is 0 Å². The van der Waals surface area contributed by atoms with Crippen molar-refractivity contribution < 1.29 is 29.0 Å². The number of benzene rings is 1. The zero-order chi connectivity index (χ0) is 18.5. The van der Waals surface area contributed by atoms with Gasteiger partial charge in [0.2, 0.25) is 0 Å². The molecule has 1 aromatic rings. The van der Waals surface area contributed by atoms with Gasteiger partial charge in [-0.3, -0.25) is 9.59 Å². The zero-order valence-electron chi connectivity index (χ0n) is 13.9. The van der Waals surface area contributed by atoms with Crippen LogP contribution >= 0.6 is 0 Å². The summed E-state index contributed by atoms with van der Waals surface area (Å²) < 4.78 is 10.0. The smallest absolute Gasteiger partial charge is 0.311 e. The molecule has 8 nitrogen and oxygen atoms in total. The van der Waals surface area contributed by atoms with Crippen LogP contribution in [-0.2, 0) is 14.4 Å². The van der Waals surface area contributed by atoms with Crippen LogP contribution in [0.15, 0.2) is 24.8 Å². The van der Waals surface area contributed by atoms with Crippen LogP contribution in [0.5, 0.6) is 11.5 Å². The Morgan fingerprint density at radius 1 is 1.29 bits per heavy atom. The first kappa shape index (κ1) is 21.1. The van der Waals surface area contributed by atoms with Crippen molar-refractivity contribution in [2.75, 3.05) is 6.61 Å². The van der Waals surface area contributed by atoms with E-state index in [-0.39, 0.29) is 25.2 Å². The third kappa shape index (κ3) is 8.52. The highest BCUT2D eigenvalue weighted by Gasteiger charge is 2.09. The summed E-state index contributed by atoms with van der Waals surface area (Å²) in [7, 11) is 0. The van der Waals surface area contributed by atoms with E-state index in [1.165, 1.54) is 31.2 Å². The van der Waals surface area contributed by atoms with Crippen molar-refractivity contribution in [3.05, 3.63) is 40.5 Å². The van der Waals surface area contributed by atoms with Gasteiger partial charge in [0.25, 0.3) is 5.09 Å². The molecule has 0 saturated carbocycles. The average molecular weight is 339 g/mol. The summed E-state index contributed by atoms with van der Waals surface area (Å²) in [5.74, 6) is -0.464. The third-order valence-corrected chi connectivity index (χ3v) is 2.41. The van der Waals surface area contributed by atoms with E-state index in [0.717, 1.165) is 0 Å². The molecule has 0 unspecified atom stereocenters. The Labute approximate surface area is 140 Å². The van der Waals surface area contributed by atoms with Gasteiger partial charge in [-0.15, -0.1) is 10.1 Å². The van der Waals surface area contributed by atoms with Crippen LogP contribution < -0.4 is 9.47 Å². The van der Waals surface area contributed by atoms with Crippen LogP contribution in [0.3, 0.4) is 0 Å². The van der Waals surface area contributed by atoms with Crippen LogP contribution in [0.4, 0.5) is 0 Å². The van der Waals surface area contributed by atoms with Gasteiger partial charge in [-0.1, -0.05) is 26.5 Å². The molecular formula is C16H21NO7. The molecule has 0 spiro atoms. The fraction of sp³-hybridized carbons (Fsp3) is 0.375. The molecule has 0 aliphatic rings. The van der Waals surface area contributed by atoms with Gasteiger partial charge in [0.05, 0.1) is 6.61 Å². The summed E-state index contributed by atoms with van der Waals surface area (Å²) in [6.45, 7) is 8.68. The van der Waals surface area contributed by atoms with E-state index >= 15 is 0 Å². The highest BCUT2D eigenvalue weighted by Crippen LogP contribution is 2.25. The van der Waals surface area contributed by atoms with Gasteiger partial charge in [-0.05, 0) is 24.6 Å². The predicted molar refractivity (Wildman–Crippen MR) is 87.0 cm³/mol. The number of hydrogen-bond donors (Lipinski definition) is 0. The van der Waals surface area contributed by atoms with Crippen LogP contribution in [-0.4, -0.2) is 23.6 Å². The van der Waals surface area contributed by atoms with Crippen LogP contribution in [0.25, 0.3) is 6.08 Å². The molecular weight excluding hydrogens is 318 g/mol. The Kier molecular flexibility index (Phi) is 10.2. The number of rotatable bonds is 8. The lowest BCUT2D eigenvalue weighted by Gasteiger charge is -2.09. The van der Waals surface area contributed by atoms with Gasteiger partial charge < -0.3 is 14.3 Å². The first-order valence-corrected chi connectivity index (χ1v) is 7.35. The minimum atomic E-state index is -0.921. The minimum absolute atomic E-state index is 0.0248. The van der Waals surface area contributed by atoms with Crippen molar-refractivity contribution >= 4 is 18.0 Å². The van der Waals surface area contributed by atoms with Gasteiger partial charge in [0.15, 0.2) is 0 Å². The summed E-state index contributed by atoms with van der Waals surface area (Å²) in [4.78, 5) is 36.5. The lowest BCUT2D eigenvalue weighted by atomic mass is 10.2.